The van der Waals surface area contributed by atoms with Gasteiger partial charge in [-0.2, -0.15) is 0 Å². The van der Waals surface area contributed by atoms with E-state index in [-0.39, 0.29) is 10.8 Å². The molecule has 0 radical (unpaired) electrons. The van der Waals surface area contributed by atoms with Gasteiger partial charge in [0.1, 0.15) is 0 Å². The Labute approximate surface area is 144 Å². The highest BCUT2D eigenvalue weighted by molar-refractivity contribution is 7.90. The second kappa shape index (κ2) is 6.07. The largest absolute Gasteiger partial charge is 0.465 e. The van der Waals surface area contributed by atoms with Crippen molar-refractivity contribution in [2.45, 2.75) is 10.8 Å². The van der Waals surface area contributed by atoms with Crippen LogP contribution in [0.5, 0.6) is 0 Å². The van der Waals surface area contributed by atoms with Crippen molar-refractivity contribution in [1.82, 2.24) is 9.88 Å². The summed E-state index contributed by atoms with van der Waals surface area (Å²) >= 11 is 6.20. The molecule has 0 unspecified atom stereocenters. The fourth-order valence-corrected chi connectivity index (χ4v) is 3.59. The number of hydrogen-bond donors (Lipinski definition) is 1. The summed E-state index contributed by atoms with van der Waals surface area (Å²) in [5.74, 6) is 0.109. The van der Waals surface area contributed by atoms with E-state index in [1.807, 2.05) is 12.1 Å². The van der Waals surface area contributed by atoms with Gasteiger partial charge in [0.25, 0.3) is 0 Å². The van der Waals surface area contributed by atoms with Gasteiger partial charge in [-0.15, -0.1) is 0 Å². The van der Waals surface area contributed by atoms with Gasteiger partial charge in [0.15, 0.2) is 9.84 Å². The van der Waals surface area contributed by atoms with E-state index in [1.165, 1.54) is 17.0 Å². The minimum absolute atomic E-state index is 0.109. The molecule has 0 atom stereocenters. The first-order chi connectivity index (χ1) is 11.3. The molecule has 0 bridgehead atoms. The van der Waals surface area contributed by atoms with Crippen molar-refractivity contribution < 1.29 is 18.3 Å². The monoisotopic (exact) mass is 366 g/mol. The van der Waals surface area contributed by atoms with Gasteiger partial charge in [0.05, 0.1) is 4.90 Å². The average molecular weight is 367 g/mol. The smallest absolute Gasteiger partial charge is 0.407 e. The van der Waals surface area contributed by atoms with Crippen molar-refractivity contribution in [3.05, 3.63) is 47.2 Å². The van der Waals surface area contributed by atoms with Crippen LogP contribution in [0.2, 0.25) is 5.02 Å². The topological polar surface area (TPSA) is 87.6 Å². The molecular formula is C16H15ClN2O4S. The van der Waals surface area contributed by atoms with Gasteiger partial charge in [-0.05, 0) is 18.2 Å². The standard InChI is InChI=1S/C16H15ClN2O4S/c1-24(22,23)12-3-4-13(14(17)6-12)10-2-5-15(18-7-10)11-8-19(9-11)16(20)21/h2-7,11H,8-9H2,1H3,(H,20,21). The van der Waals surface area contributed by atoms with Crippen molar-refractivity contribution in [3.63, 3.8) is 0 Å². The number of carbonyl (C=O) groups is 1. The fraction of sp³-hybridized carbons (Fsp3) is 0.250. The Hall–Kier alpha value is -2.12. The molecule has 0 saturated carbocycles. The van der Waals surface area contributed by atoms with E-state index in [0.717, 1.165) is 17.5 Å². The van der Waals surface area contributed by atoms with Crippen LogP contribution in [-0.2, 0) is 9.84 Å². The number of rotatable bonds is 3. The van der Waals surface area contributed by atoms with Crippen molar-refractivity contribution in [2.75, 3.05) is 19.3 Å². The van der Waals surface area contributed by atoms with E-state index >= 15 is 0 Å². The number of pyridine rings is 1. The number of sulfone groups is 1. The van der Waals surface area contributed by atoms with Gasteiger partial charge < -0.3 is 10.0 Å². The highest BCUT2D eigenvalue weighted by Gasteiger charge is 2.32. The summed E-state index contributed by atoms with van der Waals surface area (Å²) in [5, 5.41) is 9.19. The van der Waals surface area contributed by atoms with Crippen LogP contribution in [-0.4, -0.2) is 48.8 Å². The average Bonchev–Trinajstić information content (AvgIpc) is 2.45. The molecule has 2 aromatic rings. The van der Waals surface area contributed by atoms with Gasteiger partial charge in [-0.3, -0.25) is 4.98 Å². The van der Waals surface area contributed by atoms with Crippen molar-refractivity contribution in [3.8, 4) is 11.1 Å². The molecule has 1 fully saturated rings. The maximum absolute atomic E-state index is 11.5. The minimum Gasteiger partial charge on any atom is -0.465 e. The van der Waals surface area contributed by atoms with Gasteiger partial charge in [-0.25, -0.2) is 13.2 Å². The van der Waals surface area contributed by atoms with Gasteiger partial charge in [0, 0.05) is 53.3 Å². The number of halogens is 1. The van der Waals surface area contributed by atoms with Gasteiger partial charge in [0.2, 0.25) is 0 Å². The lowest BCUT2D eigenvalue weighted by Crippen LogP contribution is -2.48. The summed E-state index contributed by atoms with van der Waals surface area (Å²) in [6.45, 7) is 0.900. The van der Waals surface area contributed by atoms with Crippen LogP contribution in [0.3, 0.4) is 0 Å². The number of amides is 1. The molecule has 6 nitrogen and oxygen atoms in total. The summed E-state index contributed by atoms with van der Waals surface area (Å²) in [6, 6.07) is 8.30. The summed E-state index contributed by atoms with van der Waals surface area (Å²) < 4.78 is 23.1. The van der Waals surface area contributed by atoms with E-state index in [2.05, 4.69) is 4.98 Å². The zero-order chi connectivity index (χ0) is 17.5. The van der Waals surface area contributed by atoms with Crippen LogP contribution in [0.1, 0.15) is 11.6 Å². The Morgan fingerprint density at radius 2 is 2.00 bits per heavy atom. The molecule has 1 aliphatic rings. The van der Waals surface area contributed by atoms with E-state index < -0.39 is 15.9 Å². The molecule has 126 valence electrons. The molecule has 2 heterocycles. The van der Waals surface area contributed by atoms with Crippen molar-refractivity contribution >= 4 is 27.5 Å². The summed E-state index contributed by atoms with van der Waals surface area (Å²) in [6.07, 6.45) is 1.88. The van der Waals surface area contributed by atoms with Crippen LogP contribution in [0.25, 0.3) is 11.1 Å². The van der Waals surface area contributed by atoms with Crippen LogP contribution >= 0.6 is 11.6 Å². The first-order valence-electron chi connectivity index (χ1n) is 7.19. The fourth-order valence-electron chi connectivity index (χ4n) is 2.59. The number of benzene rings is 1. The second-order valence-corrected chi connectivity index (χ2v) is 8.19. The Bertz CT molecular complexity index is 891. The Morgan fingerprint density at radius 3 is 2.50 bits per heavy atom. The van der Waals surface area contributed by atoms with E-state index in [0.29, 0.717) is 23.7 Å². The lowest BCUT2D eigenvalue weighted by atomic mass is 9.95. The number of likely N-dealkylation sites (tertiary alicyclic amines) is 1. The lowest BCUT2D eigenvalue weighted by Gasteiger charge is -2.36. The van der Waals surface area contributed by atoms with Crippen LogP contribution < -0.4 is 0 Å². The molecule has 1 aromatic heterocycles. The molecule has 0 spiro atoms. The van der Waals surface area contributed by atoms with Crippen molar-refractivity contribution in [2.24, 2.45) is 0 Å². The lowest BCUT2D eigenvalue weighted by molar-refractivity contribution is 0.104. The van der Waals surface area contributed by atoms with Crippen LogP contribution in [0.4, 0.5) is 4.79 Å². The van der Waals surface area contributed by atoms with Gasteiger partial charge >= 0.3 is 6.09 Å². The molecule has 0 aliphatic carbocycles. The molecule has 24 heavy (non-hydrogen) atoms. The first kappa shape index (κ1) is 16.7. The predicted octanol–water partition coefficient (Wildman–Crippen LogP) is 2.88. The number of nitrogens with zero attached hydrogens (tertiary/aromatic N) is 2. The Kier molecular flexibility index (Phi) is 4.23. The normalized spacial score (nSPS) is 15.2. The molecular weight excluding hydrogens is 352 g/mol. The minimum atomic E-state index is -3.30. The number of aromatic nitrogens is 1. The number of carboxylic acid groups (broad SMARTS) is 1. The first-order valence-corrected chi connectivity index (χ1v) is 9.46. The molecule has 1 amide bonds. The third-order valence-electron chi connectivity index (χ3n) is 4.04. The van der Waals surface area contributed by atoms with E-state index in [9.17, 15) is 13.2 Å². The SMILES string of the molecule is CS(=O)(=O)c1ccc(-c2ccc(C3CN(C(=O)O)C3)nc2)c(Cl)c1. The third-order valence-corrected chi connectivity index (χ3v) is 5.46. The maximum Gasteiger partial charge on any atom is 0.407 e. The van der Waals surface area contributed by atoms with Crippen molar-refractivity contribution in [1.29, 1.82) is 0 Å². The quantitative estimate of drug-likeness (QED) is 0.902. The summed E-state index contributed by atoms with van der Waals surface area (Å²) in [4.78, 5) is 16.7. The summed E-state index contributed by atoms with van der Waals surface area (Å²) in [7, 11) is -3.30. The number of hydrogen-bond acceptors (Lipinski definition) is 4. The predicted molar refractivity (Wildman–Crippen MR) is 90.1 cm³/mol. The Morgan fingerprint density at radius 1 is 1.29 bits per heavy atom. The molecule has 3 rings (SSSR count). The molecule has 1 N–H and O–H groups in total. The van der Waals surface area contributed by atoms with Crippen LogP contribution in [0.15, 0.2) is 41.4 Å². The molecule has 1 aliphatic heterocycles. The Balaban J connectivity index is 1.80. The van der Waals surface area contributed by atoms with Gasteiger partial charge in [-0.1, -0.05) is 23.7 Å². The highest BCUT2D eigenvalue weighted by atomic mass is 35.5. The zero-order valence-electron chi connectivity index (χ0n) is 12.8. The third kappa shape index (κ3) is 3.22. The molecule has 1 saturated heterocycles. The zero-order valence-corrected chi connectivity index (χ0v) is 14.4. The molecule has 8 heteroatoms. The van der Waals surface area contributed by atoms with E-state index in [1.54, 1.807) is 12.3 Å². The van der Waals surface area contributed by atoms with E-state index in [4.69, 9.17) is 16.7 Å². The maximum atomic E-state index is 11.5. The highest BCUT2D eigenvalue weighted by Crippen LogP contribution is 2.31. The molecule has 1 aromatic carbocycles. The van der Waals surface area contributed by atoms with Crippen LogP contribution in [0, 0.1) is 0 Å². The summed E-state index contributed by atoms with van der Waals surface area (Å²) in [5.41, 5.74) is 2.31. The second-order valence-electron chi connectivity index (χ2n) is 5.77.